The Hall–Kier alpha value is -2.35. The largest absolute Gasteiger partial charge is 0.296 e. The molecule has 0 aliphatic carbocycles. The average molecular weight is 272 g/mol. The maximum atomic E-state index is 4.90. The van der Waals surface area contributed by atoms with Gasteiger partial charge >= 0.3 is 0 Å². The van der Waals surface area contributed by atoms with Crippen molar-refractivity contribution in [3.8, 4) is 0 Å². The Labute approximate surface area is 123 Å². The number of hydrogen-bond acceptors (Lipinski definition) is 1. The first-order chi connectivity index (χ1) is 10.3. The molecule has 0 bridgehead atoms. The van der Waals surface area contributed by atoms with E-state index in [0.717, 1.165) is 18.5 Å². The topological polar surface area (TPSA) is 17.3 Å². The van der Waals surface area contributed by atoms with Crippen molar-refractivity contribution in [2.75, 3.05) is 0 Å². The van der Waals surface area contributed by atoms with Crippen LogP contribution in [0.2, 0.25) is 0 Å². The number of hydrogen-bond donors (Lipinski definition) is 0. The number of rotatable bonds is 0. The van der Waals surface area contributed by atoms with Gasteiger partial charge in [0.15, 0.2) is 0 Å². The van der Waals surface area contributed by atoms with E-state index in [-0.39, 0.29) is 0 Å². The predicted octanol–water partition coefficient (Wildman–Crippen LogP) is 4.44. The zero-order valence-corrected chi connectivity index (χ0v) is 12.1. The fourth-order valence-electron chi connectivity index (χ4n) is 3.91. The molecule has 0 saturated heterocycles. The molecule has 0 N–H and O–H groups in total. The second-order valence-corrected chi connectivity index (χ2v) is 6.02. The first-order valence-corrected chi connectivity index (χ1v) is 7.65. The van der Waals surface area contributed by atoms with Crippen LogP contribution in [-0.2, 0) is 12.8 Å². The van der Waals surface area contributed by atoms with Gasteiger partial charge in [-0.05, 0) is 37.1 Å². The molecule has 0 amide bonds. The highest BCUT2D eigenvalue weighted by molar-refractivity contribution is 6.12. The van der Waals surface area contributed by atoms with E-state index >= 15 is 0 Å². The van der Waals surface area contributed by atoms with Gasteiger partial charge in [-0.25, -0.2) is 4.98 Å². The summed E-state index contributed by atoms with van der Waals surface area (Å²) in [7, 11) is 0. The summed E-state index contributed by atoms with van der Waals surface area (Å²) in [6.45, 7) is 2.15. The Balaban J connectivity index is 2.23. The first-order valence-electron chi connectivity index (χ1n) is 7.65. The molecule has 1 aliphatic rings. The van der Waals surface area contributed by atoms with Crippen molar-refractivity contribution in [1.29, 1.82) is 0 Å². The third kappa shape index (κ3) is 1.35. The summed E-state index contributed by atoms with van der Waals surface area (Å²) in [4.78, 5) is 4.90. The van der Waals surface area contributed by atoms with Gasteiger partial charge in [0.1, 0.15) is 5.65 Å². The van der Waals surface area contributed by atoms with Crippen molar-refractivity contribution in [2.24, 2.45) is 0 Å². The van der Waals surface area contributed by atoms with Crippen LogP contribution in [0.25, 0.3) is 27.3 Å². The number of aromatic nitrogens is 2. The van der Waals surface area contributed by atoms with Crippen molar-refractivity contribution in [1.82, 2.24) is 9.38 Å². The summed E-state index contributed by atoms with van der Waals surface area (Å²) in [5.41, 5.74) is 6.54. The molecule has 3 heterocycles. The Bertz CT molecular complexity index is 1020. The number of imidazole rings is 1. The van der Waals surface area contributed by atoms with Crippen LogP contribution in [0.1, 0.15) is 23.4 Å². The molecule has 0 unspecified atom stereocenters. The van der Waals surface area contributed by atoms with Gasteiger partial charge in [0.2, 0.25) is 0 Å². The van der Waals surface area contributed by atoms with E-state index in [4.69, 9.17) is 4.98 Å². The second kappa shape index (κ2) is 3.85. The Kier molecular flexibility index (Phi) is 2.08. The van der Waals surface area contributed by atoms with Crippen LogP contribution >= 0.6 is 0 Å². The lowest BCUT2D eigenvalue weighted by Crippen LogP contribution is -1.96. The summed E-state index contributed by atoms with van der Waals surface area (Å²) in [5, 5.41) is 3.94. The van der Waals surface area contributed by atoms with Gasteiger partial charge in [-0.1, -0.05) is 42.5 Å². The van der Waals surface area contributed by atoms with Crippen LogP contribution in [0, 0.1) is 6.92 Å². The van der Waals surface area contributed by atoms with Crippen molar-refractivity contribution in [3.63, 3.8) is 0 Å². The quantitative estimate of drug-likeness (QED) is 0.433. The minimum absolute atomic E-state index is 1.12. The van der Waals surface area contributed by atoms with Gasteiger partial charge < -0.3 is 0 Å². The molecule has 4 aromatic rings. The summed E-state index contributed by atoms with van der Waals surface area (Å²) in [6.07, 6.45) is 3.49. The summed E-state index contributed by atoms with van der Waals surface area (Å²) in [5.74, 6) is 0. The van der Waals surface area contributed by atoms with E-state index in [9.17, 15) is 0 Å². The van der Waals surface area contributed by atoms with Crippen LogP contribution in [0.15, 0.2) is 42.5 Å². The molecule has 2 aromatic carbocycles. The molecule has 2 nitrogen and oxygen atoms in total. The lowest BCUT2D eigenvalue weighted by atomic mass is 10.0. The van der Waals surface area contributed by atoms with E-state index in [2.05, 4.69) is 53.8 Å². The van der Waals surface area contributed by atoms with Gasteiger partial charge in [-0.3, -0.25) is 4.40 Å². The number of para-hydroxylation sites is 1. The van der Waals surface area contributed by atoms with E-state index in [1.54, 1.807) is 0 Å². The van der Waals surface area contributed by atoms with Crippen molar-refractivity contribution in [2.45, 2.75) is 26.2 Å². The van der Waals surface area contributed by atoms with E-state index in [0.29, 0.717) is 0 Å². The molecular weight excluding hydrogens is 256 g/mol. The molecule has 0 atom stereocenters. The van der Waals surface area contributed by atoms with Crippen molar-refractivity contribution < 1.29 is 0 Å². The number of aryl methyl sites for hydroxylation is 3. The molecule has 0 fully saturated rings. The second-order valence-electron chi connectivity index (χ2n) is 6.02. The maximum Gasteiger partial charge on any atom is 0.145 e. The van der Waals surface area contributed by atoms with Gasteiger partial charge in [-0.2, -0.15) is 0 Å². The van der Waals surface area contributed by atoms with Gasteiger partial charge in [0, 0.05) is 16.5 Å². The van der Waals surface area contributed by atoms with E-state index in [1.165, 1.54) is 45.0 Å². The van der Waals surface area contributed by atoms with E-state index < -0.39 is 0 Å². The molecule has 1 aliphatic heterocycles. The Morgan fingerprint density at radius 1 is 0.905 bits per heavy atom. The minimum Gasteiger partial charge on any atom is -0.296 e. The van der Waals surface area contributed by atoms with Gasteiger partial charge in [0.25, 0.3) is 0 Å². The van der Waals surface area contributed by atoms with Crippen LogP contribution < -0.4 is 0 Å². The Morgan fingerprint density at radius 3 is 2.62 bits per heavy atom. The lowest BCUT2D eigenvalue weighted by Gasteiger charge is -2.11. The standard InChI is InChI=1S/C19H16N2/c1-12-17-11-5-7-13-6-4-10-15-14-8-2-3-9-16(14)19(20-12)21(17)18(13)15/h2-4,6,8-10H,5,7,11H2,1H3. The summed E-state index contributed by atoms with van der Waals surface area (Å²) >= 11 is 0. The van der Waals surface area contributed by atoms with Crippen molar-refractivity contribution in [3.05, 3.63) is 59.4 Å². The average Bonchev–Trinajstić information content (AvgIpc) is 2.72. The number of pyridine rings is 1. The molecule has 21 heavy (non-hydrogen) atoms. The highest BCUT2D eigenvalue weighted by Gasteiger charge is 2.19. The summed E-state index contributed by atoms with van der Waals surface area (Å²) in [6, 6.07) is 15.4. The fourth-order valence-corrected chi connectivity index (χ4v) is 3.91. The highest BCUT2D eigenvalue weighted by atomic mass is 15.0. The third-order valence-electron chi connectivity index (χ3n) is 4.83. The zero-order valence-electron chi connectivity index (χ0n) is 12.1. The minimum atomic E-state index is 1.12. The first kappa shape index (κ1) is 11.3. The molecule has 2 heteroatoms. The molecule has 0 radical (unpaired) electrons. The van der Waals surface area contributed by atoms with Gasteiger partial charge in [-0.15, -0.1) is 0 Å². The molecular formula is C19H16N2. The zero-order chi connectivity index (χ0) is 14.0. The molecule has 0 spiro atoms. The van der Waals surface area contributed by atoms with Crippen LogP contribution in [0.3, 0.4) is 0 Å². The Morgan fingerprint density at radius 2 is 1.71 bits per heavy atom. The number of nitrogens with zero attached hydrogens (tertiary/aromatic N) is 2. The maximum absolute atomic E-state index is 4.90. The van der Waals surface area contributed by atoms with Crippen LogP contribution in [-0.4, -0.2) is 9.38 Å². The fraction of sp³-hybridized carbons (Fsp3) is 0.211. The van der Waals surface area contributed by atoms with Crippen LogP contribution in [0.5, 0.6) is 0 Å². The van der Waals surface area contributed by atoms with E-state index in [1.807, 2.05) is 0 Å². The smallest absolute Gasteiger partial charge is 0.145 e. The van der Waals surface area contributed by atoms with Gasteiger partial charge in [0.05, 0.1) is 11.2 Å². The number of benzene rings is 2. The normalized spacial score (nSPS) is 14.3. The molecule has 5 rings (SSSR count). The van der Waals surface area contributed by atoms with Crippen molar-refractivity contribution >= 4 is 27.3 Å². The SMILES string of the molecule is Cc1nc2c3ccccc3c3cccc4c3n2c1CCC4. The summed E-state index contributed by atoms with van der Waals surface area (Å²) < 4.78 is 2.43. The third-order valence-corrected chi connectivity index (χ3v) is 4.83. The molecule has 0 saturated carbocycles. The number of fused-ring (bicyclic) bond motifs is 3. The predicted molar refractivity (Wildman–Crippen MR) is 87.0 cm³/mol. The lowest BCUT2D eigenvalue weighted by molar-refractivity contribution is 0.813. The van der Waals surface area contributed by atoms with Crippen LogP contribution in [0.4, 0.5) is 0 Å². The molecule has 102 valence electrons. The highest BCUT2D eigenvalue weighted by Crippen LogP contribution is 2.35. The monoisotopic (exact) mass is 272 g/mol. The molecule has 2 aromatic heterocycles.